The van der Waals surface area contributed by atoms with Crippen molar-refractivity contribution in [3.8, 4) is 0 Å². The van der Waals surface area contributed by atoms with E-state index < -0.39 is 30.4 Å². The maximum atomic E-state index is 13.0. The van der Waals surface area contributed by atoms with Gasteiger partial charge in [-0.1, -0.05) is 96.7 Å². The Hall–Kier alpha value is -1.99. The van der Waals surface area contributed by atoms with E-state index in [-0.39, 0.29) is 42.6 Å². The van der Waals surface area contributed by atoms with Gasteiger partial charge in [0, 0.05) is 35.7 Å². The molecule has 0 aliphatic carbocycles. The first kappa shape index (κ1) is 34.0. The van der Waals surface area contributed by atoms with Crippen LogP contribution in [0, 0.1) is 35.5 Å². The zero-order valence-electron chi connectivity index (χ0n) is 24.2. The van der Waals surface area contributed by atoms with Gasteiger partial charge in [0.15, 0.2) is 0 Å². The summed E-state index contributed by atoms with van der Waals surface area (Å²) in [5, 5.41) is 42.5. The number of carbonyl (C=O) groups is 1. The van der Waals surface area contributed by atoms with Gasteiger partial charge in [0.05, 0.1) is 31.0 Å². The number of esters is 1. The highest BCUT2D eigenvalue weighted by molar-refractivity contribution is 5.89. The van der Waals surface area contributed by atoms with Gasteiger partial charge in [-0.15, -0.1) is 0 Å². The molecule has 10 atom stereocenters. The van der Waals surface area contributed by atoms with Crippen molar-refractivity contribution >= 4 is 5.97 Å². The fraction of sp³-hybridized carbons (Fsp3) is 0.656. The van der Waals surface area contributed by atoms with Crippen molar-refractivity contribution in [3.63, 3.8) is 0 Å². The Bertz CT molecular complexity index is 828. The maximum absolute atomic E-state index is 13.0. The SMILES string of the molecule is C=CC=C[C@H](C)C1=CC=C[C@H](C)[C@@H](O)C[C@H](O)C=C[C@H](C)[C@H](O)[C@@H](C)C[C@H](C)CCC(O)[C@@H](C)COC1=O. The third kappa shape index (κ3) is 12.2. The number of cyclic esters (lactones) is 1. The van der Waals surface area contributed by atoms with Crippen LogP contribution in [0.4, 0.5) is 0 Å². The summed E-state index contributed by atoms with van der Waals surface area (Å²) in [4.78, 5) is 13.0. The molecule has 0 spiro atoms. The van der Waals surface area contributed by atoms with Crippen LogP contribution >= 0.6 is 0 Å². The molecular formula is C32H52O6. The van der Waals surface area contributed by atoms with Gasteiger partial charge < -0.3 is 25.2 Å². The third-order valence-corrected chi connectivity index (χ3v) is 7.66. The summed E-state index contributed by atoms with van der Waals surface area (Å²) in [5.41, 5.74) is 0.461. The van der Waals surface area contributed by atoms with Gasteiger partial charge >= 0.3 is 5.97 Å². The molecule has 4 N–H and O–H groups in total. The highest BCUT2D eigenvalue weighted by Crippen LogP contribution is 2.26. The van der Waals surface area contributed by atoms with Gasteiger partial charge in [-0.05, 0) is 31.1 Å². The first-order valence-corrected chi connectivity index (χ1v) is 14.1. The zero-order valence-corrected chi connectivity index (χ0v) is 24.2. The van der Waals surface area contributed by atoms with Crippen molar-refractivity contribution in [1.29, 1.82) is 0 Å². The van der Waals surface area contributed by atoms with E-state index in [1.54, 1.807) is 36.5 Å². The maximum Gasteiger partial charge on any atom is 0.334 e. The summed E-state index contributed by atoms with van der Waals surface area (Å²) in [7, 11) is 0. The monoisotopic (exact) mass is 532 g/mol. The molecule has 0 amide bonds. The van der Waals surface area contributed by atoms with Crippen molar-refractivity contribution in [2.24, 2.45) is 35.5 Å². The van der Waals surface area contributed by atoms with Crippen LogP contribution in [0.2, 0.25) is 0 Å². The Kier molecular flexibility index (Phi) is 15.7. The number of ether oxygens (including phenoxy) is 1. The number of hydrogen-bond donors (Lipinski definition) is 4. The van der Waals surface area contributed by atoms with Crippen LogP contribution < -0.4 is 0 Å². The molecule has 0 saturated carbocycles. The molecule has 38 heavy (non-hydrogen) atoms. The minimum Gasteiger partial charge on any atom is -0.462 e. The second kappa shape index (κ2) is 17.6. The lowest BCUT2D eigenvalue weighted by Crippen LogP contribution is -2.28. The van der Waals surface area contributed by atoms with E-state index in [1.807, 2.05) is 46.8 Å². The number of rotatable bonds is 3. The van der Waals surface area contributed by atoms with E-state index in [0.717, 1.165) is 12.8 Å². The van der Waals surface area contributed by atoms with Gasteiger partial charge in [0.1, 0.15) is 0 Å². The van der Waals surface area contributed by atoms with Crippen molar-refractivity contribution in [2.75, 3.05) is 6.61 Å². The van der Waals surface area contributed by atoms with E-state index in [1.165, 1.54) is 0 Å². The second-order valence-corrected chi connectivity index (χ2v) is 11.4. The predicted octanol–water partition coefficient (Wildman–Crippen LogP) is 5.14. The molecule has 1 aliphatic heterocycles. The highest BCUT2D eigenvalue weighted by Gasteiger charge is 2.24. The quantitative estimate of drug-likeness (QED) is 0.228. The first-order chi connectivity index (χ1) is 17.9. The number of carbonyl (C=O) groups excluding carboxylic acids is 1. The van der Waals surface area contributed by atoms with Crippen LogP contribution in [-0.2, 0) is 9.53 Å². The Labute approximate surface area is 230 Å². The van der Waals surface area contributed by atoms with Crippen LogP contribution in [-0.4, -0.2) is 57.4 Å². The summed E-state index contributed by atoms with van der Waals surface area (Å²) < 4.78 is 5.60. The summed E-state index contributed by atoms with van der Waals surface area (Å²) >= 11 is 0. The summed E-state index contributed by atoms with van der Waals surface area (Å²) in [6.07, 6.45) is 13.6. The largest absolute Gasteiger partial charge is 0.462 e. The van der Waals surface area contributed by atoms with E-state index in [9.17, 15) is 25.2 Å². The fourth-order valence-electron chi connectivity index (χ4n) is 4.73. The average molecular weight is 533 g/mol. The number of hydrogen-bond acceptors (Lipinski definition) is 6. The number of allylic oxidation sites excluding steroid dienone is 5. The van der Waals surface area contributed by atoms with Gasteiger partial charge in [-0.3, -0.25) is 0 Å². The van der Waals surface area contributed by atoms with Crippen LogP contribution in [0.5, 0.6) is 0 Å². The van der Waals surface area contributed by atoms with Crippen LogP contribution in [0.25, 0.3) is 0 Å². The van der Waals surface area contributed by atoms with Crippen molar-refractivity contribution in [3.05, 3.63) is 60.8 Å². The molecule has 6 heteroatoms. The Morgan fingerprint density at radius 3 is 2.26 bits per heavy atom. The minimum absolute atomic E-state index is 0.0493. The van der Waals surface area contributed by atoms with Crippen molar-refractivity contribution < 1.29 is 30.0 Å². The number of aliphatic hydroxyl groups is 4. The zero-order chi connectivity index (χ0) is 28.8. The first-order valence-electron chi connectivity index (χ1n) is 14.1. The van der Waals surface area contributed by atoms with Gasteiger partial charge in [-0.2, -0.15) is 0 Å². The number of aliphatic hydroxyl groups excluding tert-OH is 4. The Balaban J connectivity index is 3.18. The van der Waals surface area contributed by atoms with E-state index in [0.29, 0.717) is 17.9 Å². The van der Waals surface area contributed by atoms with Crippen LogP contribution in [0.1, 0.15) is 67.2 Å². The predicted molar refractivity (Wildman–Crippen MR) is 154 cm³/mol. The van der Waals surface area contributed by atoms with E-state index in [4.69, 9.17) is 4.74 Å². The topological polar surface area (TPSA) is 107 Å². The van der Waals surface area contributed by atoms with Crippen LogP contribution in [0.15, 0.2) is 60.8 Å². The molecule has 1 unspecified atom stereocenters. The lowest BCUT2D eigenvalue weighted by Gasteiger charge is -2.27. The lowest BCUT2D eigenvalue weighted by atomic mass is 9.84. The van der Waals surface area contributed by atoms with Gasteiger partial charge in [-0.25, -0.2) is 4.79 Å². The average Bonchev–Trinajstić information content (AvgIpc) is 2.88. The molecule has 0 saturated heterocycles. The molecule has 0 aromatic carbocycles. The Morgan fingerprint density at radius 1 is 0.921 bits per heavy atom. The third-order valence-electron chi connectivity index (χ3n) is 7.66. The molecular weight excluding hydrogens is 480 g/mol. The smallest absolute Gasteiger partial charge is 0.334 e. The molecule has 1 heterocycles. The second-order valence-electron chi connectivity index (χ2n) is 11.4. The molecule has 216 valence electrons. The normalized spacial score (nSPS) is 36.5. The molecule has 0 aromatic rings. The fourth-order valence-corrected chi connectivity index (χ4v) is 4.73. The lowest BCUT2D eigenvalue weighted by molar-refractivity contribution is -0.141. The van der Waals surface area contributed by atoms with Gasteiger partial charge in [0.2, 0.25) is 0 Å². The van der Waals surface area contributed by atoms with Crippen LogP contribution in [0.3, 0.4) is 0 Å². The highest BCUT2D eigenvalue weighted by atomic mass is 16.5. The molecule has 0 bridgehead atoms. The van der Waals surface area contributed by atoms with E-state index >= 15 is 0 Å². The molecule has 1 aliphatic rings. The molecule has 1 rings (SSSR count). The molecule has 0 radical (unpaired) electrons. The minimum atomic E-state index is -0.837. The molecule has 0 aromatic heterocycles. The standard InChI is InChI=1S/C32H52O6/c1-8-9-11-22(3)28-13-10-12-23(4)30(35)19-27(33)16-15-24(5)31(36)25(6)18-21(2)14-17-29(34)26(7)20-38-32(28)37/h8-13,15-16,21-27,29-31,33-36H,1,14,17-20H2,2-7H3/t21-,22+,23+,24+,25+,26+,27-,29?,30+,31+/m1/s1. The van der Waals surface area contributed by atoms with Crippen molar-refractivity contribution in [1.82, 2.24) is 0 Å². The van der Waals surface area contributed by atoms with E-state index in [2.05, 4.69) is 13.5 Å². The molecule has 6 nitrogen and oxygen atoms in total. The summed E-state index contributed by atoms with van der Waals surface area (Å²) in [6.45, 7) is 15.5. The molecule has 0 fully saturated rings. The van der Waals surface area contributed by atoms with Gasteiger partial charge in [0.25, 0.3) is 0 Å². The summed E-state index contributed by atoms with van der Waals surface area (Å²) in [6, 6.07) is 0. The van der Waals surface area contributed by atoms with Crippen molar-refractivity contribution in [2.45, 2.75) is 91.6 Å². The Morgan fingerprint density at radius 2 is 1.61 bits per heavy atom. The summed E-state index contributed by atoms with van der Waals surface area (Å²) in [5.74, 6) is -0.926.